The first-order chi connectivity index (χ1) is 10.5. The highest BCUT2D eigenvalue weighted by Gasteiger charge is 2.15. The van der Waals surface area contributed by atoms with Gasteiger partial charge in [0.2, 0.25) is 0 Å². The average Bonchev–Trinajstić information content (AvgIpc) is 2.94. The normalized spacial score (nSPS) is 12.5. The van der Waals surface area contributed by atoms with Crippen molar-refractivity contribution in [1.29, 1.82) is 0 Å². The minimum absolute atomic E-state index is 0.371. The van der Waals surface area contributed by atoms with Crippen LogP contribution in [0.15, 0.2) is 56.5 Å². The van der Waals surface area contributed by atoms with Gasteiger partial charge in [-0.1, -0.05) is 0 Å². The van der Waals surface area contributed by atoms with E-state index >= 15 is 0 Å². The van der Waals surface area contributed by atoms with Crippen molar-refractivity contribution < 1.29 is 23.7 Å². The van der Waals surface area contributed by atoms with Gasteiger partial charge in [-0.3, -0.25) is 5.26 Å². The summed E-state index contributed by atoms with van der Waals surface area (Å²) >= 11 is 0. The van der Waals surface area contributed by atoms with Crippen LogP contribution in [0.4, 0.5) is 0 Å². The molecule has 3 aromatic rings. The predicted octanol–water partition coefficient (Wildman–Crippen LogP) is 3.70. The zero-order valence-corrected chi connectivity index (χ0v) is 12.0. The van der Waals surface area contributed by atoms with Crippen molar-refractivity contribution in [2.75, 3.05) is 0 Å². The Bertz CT molecular complexity index is 900. The van der Waals surface area contributed by atoms with Crippen LogP contribution < -0.4 is 10.4 Å². The molecular weight excluding hydrogens is 288 g/mol. The first kappa shape index (κ1) is 14.4. The second-order valence-electron chi connectivity index (χ2n) is 5.32. The van der Waals surface area contributed by atoms with Gasteiger partial charge in [0.1, 0.15) is 22.5 Å². The van der Waals surface area contributed by atoms with Gasteiger partial charge in [-0.05, 0) is 32.1 Å². The van der Waals surface area contributed by atoms with Crippen LogP contribution in [-0.2, 0) is 4.89 Å². The molecule has 0 saturated heterocycles. The number of ether oxygens (including phenoxy) is 1. The van der Waals surface area contributed by atoms with Gasteiger partial charge < -0.3 is 13.6 Å². The topological polar surface area (TPSA) is 82.0 Å². The zero-order chi connectivity index (χ0) is 15.7. The fourth-order valence-electron chi connectivity index (χ4n) is 2.03. The highest BCUT2D eigenvalue weighted by Crippen LogP contribution is 2.35. The Balaban J connectivity index is 2.12. The molecule has 0 amide bonds. The fourth-order valence-corrected chi connectivity index (χ4v) is 2.03. The van der Waals surface area contributed by atoms with Crippen molar-refractivity contribution in [3.63, 3.8) is 0 Å². The highest BCUT2D eigenvalue weighted by atomic mass is 17.1. The van der Waals surface area contributed by atoms with E-state index in [0.29, 0.717) is 22.3 Å². The van der Waals surface area contributed by atoms with E-state index in [4.69, 9.17) is 18.8 Å². The molecule has 0 radical (unpaired) electrons. The second kappa shape index (κ2) is 5.32. The standard InChI is InChI=1S/C16H14O6/c1-16(2,22-18)6-8-20-15-10-3-4-14(17)21-13(10)9-12-11(15)5-7-19-12/h3-9,18H,1-2H3/b8-6+. The third-order valence-corrected chi connectivity index (χ3v) is 3.20. The van der Waals surface area contributed by atoms with Crippen molar-refractivity contribution >= 4 is 21.9 Å². The van der Waals surface area contributed by atoms with Crippen molar-refractivity contribution in [2.45, 2.75) is 19.4 Å². The molecule has 0 spiro atoms. The van der Waals surface area contributed by atoms with Crippen LogP contribution >= 0.6 is 0 Å². The van der Waals surface area contributed by atoms with Gasteiger partial charge in [-0.2, -0.15) is 0 Å². The van der Waals surface area contributed by atoms with E-state index in [1.807, 2.05) is 0 Å². The first-order valence-electron chi connectivity index (χ1n) is 6.61. The lowest BCUT2D eigenvalue weighted by Gasteiger charge is -2.14. The summed E-state index contributed by atoms with van der Waals surface area (Å²) in [6, 6.07) is 6.36. The smallest absolute Gasteiger partial charge is 0.336 e. The van der Waals surface area contributed by atoms with E-state index in [1.165, 1.54) is 18.6 Å². The Hall–Kier alpha value is -2.57. The summed E-state index contributed by atoms with van der Waals surface area (Å²) in [4.78, 5) is 15.7. The quantitative estimate of drug-likeness (QED) is 0.342. The summed E-state index contributed by atoms with van der Waals surface area (Å²) in [7, 11) is 0. The molecule has 0 bridgehead atoms. The van der Waals surface area contributed by atoms with Crippen molar-refractivity contribution in [1.82, 2.24) is 0 Å². The molecule has 22 heavy (non-hydrogen) atoms. The van der Waals surface area contributed by atoms with Crippen LogP contribution in [0.2, 0.25) is 0 Å². The maximum Gasteiger partial charge on any atom is 0.336 e. The van der Waals surface area contributed by atoms with Crippen LogP contribution in [0.5, 0.6) is 5.75 Å². The van der Waals surface area contributed by atoms with Crippen LogP contribution in [0.3, 0.4) is 0 Å². The molecule has 0 aliphatic rings. The summed E-state index contributed by atoms with van der Waals surface area (Å²) in [6.07, 6.45) is 4.48. The largest absolute Gasteiger partial charge is 0.464 e. The number of benzene rings is 1. The predicted molar refractivity (Wildman–Crippen MR) is 79.8 cm³/mol. The summed E-state index contributed by atoms with van der Waals surface area (Å²) < 4.78 is 16.2. The van der Waals surface area contributed by atoms with Gasteiger partial charge >= 0.3 is 5.63 Å². The van der Waals surface area contributed by atoms with E-state index in [2.05, 4.69) is 4.89 Å². The summed E-state index contributed by atoms with van der Waals surface area (Å²) in [6.45, 7) is 3.34. The zero-order valence-electron chi connectivity index (χ0n) is 12.0. The van der Waals surface area contributed by atoms with Crippen molar-refractivity contribution in [2.24, 2.45) is 0 Å². The Morgan fingerprint density at radius 2 is 1.95 bits per heavy atom. The molecule has 114 valence electrons. The Kier molecular flexibility index (Phi) is 3.48. The molecule has 0 aliphatic heterocycles. The highest BCUT2D eigenvalue weighted by molar-refractivity contribution is 6.01. The number of fused-ring (bicyclic) bond motifs is 2. The number of hydrogen-bond donors (Lipinski definition) is 1. The molecule has 2 aromatic heterocycles. The lowest BCUT2D eigenvalue weighted by molar-refractivity contribution is -0.297. The van der Waals surface area contributed by atoms with Gasteiger partial charge in [0.05, 0.1) is 23.3 Å². The van der Waals surface area contributed by atoms with Crippen LogP contribution in [0.25, 0.3) is 21.9 Å². The molecule has 6 heteroatoms. The molecule has 0 atom stereocenters. The molecule has 3 rings (SSSR count). The van der Waals surface area contributed by atoms with E-state index in [1.54, 1.807) is 38.1 Å². The van der Waals surface area contributed by atoms with Gasteiger partial charge in [0.25, 0.3) is 0 Å². The average molecular weight is 302 g/mol. The number of furan rings is 1. The molecule has 0 unspecified atom stereocenters. The minimum Gasteiger partial charge on any atom is -0.464 e. The number of hydrogen-bond acceptors (Lipinski definition) is 6. The summed E-state index contributed by atoms with van der Waals surface area (Å²) in [5.74, 6) is 0.495. The van der Waals surface area contributed by atoms with E-state index in [9.17, 15) is 4.79 Å². The molecule has 0 aliphatic carbocycles. The lowest BCUT2D eigenvalue weighted by Crippen LogP contribution is -2.19. The third-order valence-electron chi connectivity index (χ3n) is 3.20. The molecule has 1 N–H and O–H groups in total. The van der Waals surface area contributed by atoms with Crippen LogP contribution in [-0.4, -0.2) is 10.9 Å². The Morgan fingerprint density at radius 1 is 1.18 bits per heavy atom. The molecule has 1 aromatic carbocycles. The maximum atomic E-state index is 11.4. The van der Waals surface area contributed by atoms with E-state index in [0.717, 1.165) is 5.39 Å². The van der Waals surface area contributed by atoms with Crippen molar-refractivity contribution in [3.8, 4) is 5.75 Å². The third kappa shape index (κ3) is 2.61. The Labute approximate surface area is 125 Å². The van der Waals surface area contributed by atoms with E-state index in [-0.39, 0.29) is 0 Å². The SMILES string of the molecule is CC(C)(/C=C/Oc1c2ccoc2cc2oc(=O)ccc12)OO. The summed E-state index contributed by atoms with van der Waals surface area (Å²) in [5, 5.41) is 10.1. The number of rotatable bonds is 4. The van der Waals surface area contributed by atoms with Gasteiger partial charge in [0.15, 0.2) is 0 Å². The van der Waals surface area contributed by atoms with Gasteiger partial charge in [-0.15, -0.1) is 0 Å². The van der Waals surface area contributed by atoms with E-state index < -0.39 is 11.2 Å². The van der Waals surface area contributed by atoms with Crippen LogP contribution in [0, 0.1) is 0 Å². The summed E-state index contributed by atoms with van der Waals surface area (Å²) in [5.41, 5.74) is -0.416. The molecule has 0 saturated carbocycles. The fraction of sp³-hybridized carbons (Fsp3) is 0.188. The second-order valence-corrected chi connectivity index (χ2v) is 5.32. The minimum atomic E-state index is -0.882. The monoisotopic (exact) mass is 302 g/mol. The Morgan fingerprint density at radius 3 is 2.73 bits per heavy atom. The maximum absolute atomic E-state index is 11.4. The molecule has 2 heterocycles. The molecule has 0 fully saturated rings. The van der Waals surface area contributed by atoms with Gasteiger partial charge in [0, 0.05) is 12.1 Å². The molecule has 6 nitrogen and oxygen atoms in total. The van der Waals surface area contributed by atoms with Crippen LogP contribution in [0.1, 0.15) is 13.8 Å². The first-order valence-corrected chi connectivity index (χ1v) is 6.61. The van der Waals surface area contributed by atoms with Gasteiger partial charge in [-0.25, -0.2) is 9.68 Å². The molecular formula is C16H14O6. The van der Waals surface area contributed by atoms with Crippen molar-refractivity contribution in [3.05, 3.63) is 53.3 Å². The lowest BCUT2D eigenvalue weighted by atomic mass is 10.1.